The average Bonchev–Trinajstić information content (AvgIpc) is 3.44. The molecule has 0 unspecified atom stereocenters. The smallest absolute Gasteiger partial charge is 0.240 e. The highest BCUT2D eigenvalue weighted by Gasteiger charge is 2.45. The minimum absolute atomic E-state index is 0.0479. The van der Waals surface area contributed by atoms with Crippen LogP contribution < -0.4 is 21.1 Å². The van der Waals surface area contributed by atoms with Crippen LogP contribution in [0.4, 0.5) is 5.69 Å². The molecule has 28 heavy (non-hydrogen) atoms. The molecule has 0 heterocycles. The van der Waals surface area contributed by atoms with Crippen molar-refractivity contribution < 1.29 is 14.3 Å². The maximum atomic E-state index is 12.1. The average molecular weight is 381 g/mol. The number of carbonyl (C=O) groups is 2. The predicted molar refractivity (Wildman–Crippen MR) is 109 cm³/mol. The number of carbonyl (C=O) groups excluding carboxylic acids is 2. The first kappa shape index (κ1) is 19.9. The molecule has 1 aliphatic carbocycles. The van der Waals surface area contributed by atoms with Crippen molar-refractivity contribution >= 4 is 17.5 Å². The normalized spacial score (nSPS) is 14.2. The number of nitrogens with one attached hydrogen (secondary N) is 2. The number of hydrogen-bond donors (Lipinski definition) is 3. The van der Waals surface area contributed by atoms with Gasteiger partial charge < -0.3 is 21.1 Å². The number of amides is 2. The molecule has 0 bridgehead atoms. The van der Waals surface area contributed by atoms with E-state index in [4.69, 9.17) is 10.5 Å². The van der Waals surface area contributed by atoms with E-state index in [2.05, 4.69) is 10.6 Å². The van der Waals surface area contributed by atoms with E-state index in [1.54, 1.807) is 0 Å². The first-order chi connectivity index (χ1) is 13.5. The summed E-state index contributed by atoms with van der Waals surface area (Å²) >= 11 is 0. The zero-order valence-corrected chi connectivity index (χ0v) is 16.2. The standard InChI is InChI=1S/C22H27N3O3/c1-16-5-2-3-6-19(16)28-14-4-7-20(26)25-18-10-8-17(9-11-18)15-24-21(27)22(23)12-13-22/h2-3,5-6,8-11H,4,7,12-15,23H2,1H3,(H,24,27)(H,25,26). The Balaban J connectivity index is 1.36. The maximum absolute atomic E-state index is 12.1. The van der Waals surface area contributed by atoms with E-state index in [1.165, 1.54) is 0 Å². The summed E-state index contributed by atoms with van der Waals surface area (Å²) in [6.45, 7) is 2.93. The van der Waals surface area contributed by atoms with Crippen LogP contribution in [-0.4, -0.2) is 24.0 Å². The zero-order chi connectivity index (χ0) is 20.0. The van der Waals surface area contributed by atoms with E-state index >= 15 is 0 Å². The highest BCUT2D eigenvalue weighted by Crippen LogP contribution is 2.32. The van der Waals surface area contributed by atoms with Gasteiger partial charge in [0.1, 0.15) is 5.75 Å². The number of anilines is 1. The topological polar surface area (TPSA) is 93.5 Å². The number of rotatable bonds is 9. The molecule has 2 amide bonds. The summed E-state index contributed by atoms with van der Waals surface area (Å²) < 4.78 is 5.70. The predicted octanol–water partition coefficient (Wildman–Crippen LogP) is 2.90. The number of ether oxygens (including phenoxy) is 1. The lowest BCUT2D eigenvalue weighted by molar-refractivity contribution is -0.123. The number of aryl methyl sites for hydroxylation is 1. The second-order valence-electron chi connectivity index (χ2n) is 7.30. The summed E-state index contributed by atoms with van der Waals surface area (Å²) in [7, 11) is 0. The van der Waals surface area contributed by atoms with Crippen molar-refractivity contribution in [2.24, 2.45) is 5.73 Å². The van der Waals surface area contributed by atoms with Gasteiger partial charge in [-0.1, -0.05) is 30.3 Å². The molecule has 4 N–H and O–H groups in total. The van der Waals surface area contributed by atoms with Crippen LogP contribution in [0.25, 0.3) is 0 Å². The van der Waals surface area contributed by atoms with E-state index in [0.29, 0.717) is 26.0 Å². The Bertz CT molecular complexity index is 829. The molecule has 0 spiro atoms. The molecule has 0 radical (unpaired) electrons. The Kier molecular flexibility index (Phi) is 6.31. The Morgan fingerprint density at radius 3 is 2.50 bits per heavy atom. The summed E-state index contributed by atoms with van der Waals surface area (Å²) in [5.41, 5.74) is 7.98. The quantitative estimate of drug-likeness (QED) is 0.582. The van der Waals surface area contributed by atoms with Crippen LogP contribution in [0, 0.1) is 6.92 Å². The molecule has 0 atom stereocenters. The molecule has 0 aliphatic heterocycles. The van der Waals surface area contributed by atoms with Crippen molar-refractivity contribution in [2.45, 2.75) is 44.7 Å². The van der Waals surface area contributed by atoms with Gasteiger partial charge in [-0.15, -0.1) is 0 Å². The lowest BCUT2D eigenvalue weighted by Crippen LogP contribution is -2.42. The van der Waals surface area contributed by atoms with E-state index in [1.807, 2.05) is 55.5 Å². The van der Waals surface area contributed by atoms with Crippen molar-refractivity contribution in [2.75, 3.05) is 11.9 Å². The molecule has 3 rings (SSSR count). The Labute approximate surface area is 165 Å². The van der Waals surface area contributed by atoms with E-state index in [9.17, 15) is 9.59 Å². The third-order valence-electron chi connectivity index (χ3n) is 4.83. The Morgan fingerprint density at radius 2 is 1.82 bits per heavy atom. The zero-order valence-electron chi connectivity index (χ0n) is 16.2. The molecule has 148 valence electrons. The van der Waals surface area contributed by atoms with Gasteiger partial charge in [-0.05, 0) is 55.5 Å². The Hall–Kier alpha value is -2.86. The first-order valence-corrected chi connectivity index (χ1v) is 9.61. The van der Waals surface area contributed by atoms with Gasteiger partial charge in [-0.25, -0.2) is 0 Å². The van der Waals surface area contributed by atoms with Crippen LogP contribution in [0.15, 0.2) is 48.5 Å². The fraction of sp³-hybridized carbons (Fsp3) is 0.364. The number of para-hydroxylation sites is 1. The van der Waals surface area contributed by atoms with E-state index in [0.717, 1.165) is 35.4 Å². The summed E-state index contributed by atoms with van der Waals surface area (Å²) in [6, 6.07) is 15.3. The van der Waals surface area contributed by atoms with Gasteiger partial charge in [0.25, 0.3) is 0 Å². The molecule has 6 heteroatoms. The monoisotopic (exact) mass is 381 g/mol. The molecule has 6 nitrogen and oxygen atoms in total. The van der Waals surface area contributed by atoms with E-state index < -0.39 is 5.54 Å². The lowest BCUT2D eigenvalue weighted by Gasteiger charge is -2.11. The molecule has 1 saturated carbocycles. The molecule has 1 aliphatic rings. The van der Waals surface area contributed by atoms with Crippen molar-refractivity contribution in [1.29, 1.82) is 0 Å². The van der Waals surface area contributed by atoms with Crippen LogP contribution >= 0.6 is 0 Å². The first-order valence-electron chi connectivity index (χ1n) is 9.61. The van der Waals surface area contributed by atoms with Gasteiger partial charge in [-0.2, -0.15) is 0 Å². The molecule has 2 aromatic rings. The van der Waals surface area contributed by atoms with Gasteiger partial charge in [0.05, 0.1) is 12.1 Å². The molecular formula is C22H27N3O3. The van der Waals surface area contributed by atoms with Crippen LogP contribution in [0.2, 0.25) is 0 Å². The SMILES string of the molecule is Cc1ccccc1OCCCC(=O)Nc1ccc(CNC(=O)C2(N)CC2)cc1. The molecular weight excluding hydrogens is 354 g/mol. The van der Waals surface area contributed by atoms with Crippen LogP contribution in [0.1, 0.15) is 36.8 Å². The number of nitrogens with two attached hydrogens (primary N) is 1. The summed E-state index contributed by atoms with van der Waals surface area (Å²) in [5, 5.41) is 5.72. The lowest BCUT2D eigenvalue weighted by atomic mass is 10.2. The van der Waals surface area contributed by atoms with Gasteiger partial charge in [0, 0.05) is 18.7 Å². The summed E-state index contributed by atoms with van der Waals surface area (Å²) in [6.07, 6.45) is 2.53. The second kappa shape index (κ2) is 8.89. The minimum Gasteiger partial charge on any atom is -0.493 e. The highest BCUT2D eigenvalue weighted by atomic mass is 16.5. The number of benzene rings is 2. The van der Waals surface area contributed by atoms with Crippen LogP contribution in [0.5, 0.6) is 5.75 Å². The summed E-state index contributed by atoms with van der Waals surface area (Å²) in [4.78, 5) is 23.9. The third-order valence-corrected chi connectivity index (χ3v) is 4.83. The van der Waals surface area contributed by atoms with E-state index in [-0.39, 0.29) is 11.8 Å². The van der Waals surface area contributed by atoms with Crippen LogP contribution in [-0.2, 0) is 16.1 Å². The maximum Gasteiger partial charge on any atom is 0.240 e. The minimum atomic E-state index is -0.656. The van der Waals surface area contributed by atoms with Gasteiger partial charge >= 0.3 is 0 Å². The van der Waals surface area contributed by atoms with Gasteiger partial charge in [0.15, 0.2) is 0 Å². The van der Waals surface area contributed by atoms with Crippen molar-refractivity contribution in [3.8, 4) is 5.75 Å². The third kappa shape index (κ3) is 5.57. The fourth-order valence-corrected chi connectivity index (χ4v) is 2.78. The van der Waals surface area contributed by atoms with Crippen molar-refractivity contribution in [3.63, 3.8) is 0 Å². The Morgan fingerprint density at radius 1 is 1.11 bits per heavy atom. The molecule has 0 aromatic heterocycles. The largest absolute Gasteiger partial charge is 0.493 e. The molecule has 1 fully saturated rings. The van der Waals surface area contributed by atoms with Gasteiger partial charge in [0.2, 0.25) is 11.8 Å². The summed E-state index contributed by atoms with van der Waals surface area (Å²) in [5.74, 6) is 0.707. The van der Waals surface area contributed by atoms with Gasteiger partial charge in [-0.3, -0.25) is 9.59 Å². The number of hydrogen-bond acceptors (Lipinski definition) is 4. The van der Waals surface area contributed by atoms with Crippen molar-refractivity contribution in [3.05, 3.63) is 59.7 Å². The van der Waals surface area contributed by atoms with Crippen molar-refractivity contribution in [1.82, 2.24) is 5.32 Å². The van der Waals surface area contributed by atoms with Crippen LogP contribution in [0.3, 0.4) is 0 Å². The highest BCUT2D eigenvalue weighted by molar-refractivity contribution is 5.90. The molecule has 2 aromatic carbocycles. The molecule has 0 saturated heterocycles. The second-order valence-corrected chi connectivity index (χ2v) is 7.30. The fourth-order valence-electron chi connectivity index (χ4n) is 2.78.